The maximum Gasteiger partial charge on any atom is 0.101 e. The van der Waals surface area contributed by atoms with Crippen LogP contribution in [0.15, 0.2) is 18.2 Å². The van der Waals surface area contributed by atoms with E-state index in [1.807, 2.05) is 12.1 Å². The number of rotatable bonds is 2. The fourth-order valence-corrected chi connectivity index (χ4v) is 2.71. The van der Waals surface area contributed by atoms with E-state index in [1.54, 1.807) is 6.07 Å². The quantitative estimate of drug-likeness (QED) is 0.822. The Labute approximate surface area is 114 Å². The number of nitriles is 1. The molecule has 4 heteroatoms. The van der Waals surface area contributed by atoms with Gasteiger partial charge in [-0.15, -0.1) is 0 Å². The Morgan fingerprint density at radius 2 is 2.22 bits per heavy atom. The summed E-state index contributed by atoms with van der Waals surface area (Å²) in [4.78, 5) is 4.81. The summed E-state index contributed by atoms with van der Waals surface area (Å²) in [6.07, 6.45) is 0. The molecule has 1 aliphatic heterocycles. The molecular weight excluding hydrogens is 246 g/mol. The lowest BCUT2D eigenvalue weighted by Gasteiger charge is -2.40. The topological polar surface area (TPSA) is 30.3 Å². The smallest absolute Gasteiger partial charge is 0.101 e. The monoisotopic (exact) mass is 263 g/mol. The number of hydrogen-bond acceptors (Lipinski definition) is 3. The van der Waals surface area contributed by atoms with E-state index in [-0.39, 0.29) is 0 Å². The van der Waals surface area contributed by atoms with E-state index in [2.05, 4.69) is 29.7 Å². The lowest BCUT2D eigenvalue weighted by Crippen LogP contribution is -2.51. The average molecular weight is 264 g/mol. The van der Waals surface area contributed by atoms with E-state index in [9.17, 15) is 0 Å². The minimum absolute atomic E-state index is 0.542. The highest BCUT2D eigenvalue weighted by molar-refractivity contribution is 6.32. The van der Waals surface area contributed by atoms with Gasteiger partial charge in [0, 0.05) is 31.4 Å². The van der Waals surface area contributed by atoms with Crippen LogP contribution in [0, 0.1) is 11.3 Å². The summed E-state index contributed by atoms with van der Waals surface area (Å²) < 4.78 is 0. The van der Waals surface area contributed by atoms with Gasteiger partial charge in [-0.25, -0.2) is 0 Å². The minimum atomic E-state index is 0.542. The van der Waals surface area contributed by atoms with Gasteiger partial charge in [-0.05, 0) is 31.7 Å². The predicted octanol–water partition coefficient (Wildman–Crippen LogP) is 2.74. The standard InChI is InChI=1S/C14H18ClN3/c1-3-17-6-7-18(10-11(17)2)13-5-4-12(9-16)14(15)8-13/h4-5,8,11H,3,6-7,10H2,1-2H3. The Balaban J connectivity index is 2.14. The van der Waals surface area contributed by atoms with Crippen LogP contribution in [0.4, 0.5) is 5.69 Å². The molecule has 1 aromatic rings. The van der Waals surface area contributed by atoms with Gasteiger partial charge in [0.1, 0.15) is 6.07 Å². The van der Waals surface area contributed by atoms with Gasteiger partial charge in [0.15, 0.2) is 0 Å². The lowest BCUT2D eigenvalue weighted by atomic mass is 10.1. The van der Waals surface area contributed by atoms with Crippen LogP contribution in [-0.2, 0) is 0 Å². The molecule has 0 amide bonds. The van der Waals surface area contributed by atoms with Crippen LogP contribution < -0.4 is 4.90 Å². The lowest BCUT2D eigenvalue weighted by molar-refractivity contribution is 0.199. The zero-order valence-electron chi connectivity index (χ0n) is 10.9. The molecule has 1 aromatic carbocycles. The normalized spacial score (nSPS) is 20.8. The maximum absolute atomic E-state index is 8.87. The summed E-state index contributed by atoms with van der Waals surface area (Å²) in [5.74, 6) is 0. The van der Waals surface area contributed by atoms with Crippen LogP contribution in [0.3, 0.4) is 0 Å². The number of benzene rings is 1. The summed E-state index contributed by atoms with van der Waals surface area (Å²) in [7, 11) is 0. The fourth-order valence-electron chi connectivity index (χ4n) is 2.49. The first-order valence-electron chi connectivity index (χ1n) is 6.34. The highest BCUT2D eigenvalue weighted by Gasteiger charge is 2.22. The SMILES string of the molecule is CCN1CCN(c2ccc(C#N)c(Cl)c2)CC1C. The van der Waals surface area contributed by atoms with Gasteiger partial charge in [0.05, 0.1) is 10.6 Å². The van der Waals surface area contributed by atoms with Crippen LogP contribution in [0.5, 0.6) is 0 Å². The molecule has 1 atom stereocenters. The van der Waals surface area contributed by atoms with E-state index in [0.29, 0.717) is 16.6 Å². The average Bonchev–Trinajstić information content (AvgIpc) is 2.38. The van der Waals surface area contributed by atoms with Gasteiger partial charge in [-0.3, -0.25) is 4.90 Å². The zero-order valence-corrected chi connectivity index (χ0v) is 11.6. The summed E-state index contributed by atoms with van der Waals surface area (Å²) in [6.45, 7) is 8.65. The van der Waals surface area contributed by atoms with Crippen molar-refractivity contribution < 1.29 is 0 Å². The third kappa shape index (κ3) is 2.60. The molecule has 3 nitrogen and oxygen atoms in total. The predicted molar refractivity (Wildman–Crippen MR) is 75.1 cm³/mol. The number of hydrogen-bond donors (Lipinski definition) is 0. The first-order valence-corrected chi connectivity index (χ1v) is 6.72. The van der Waals surface area contributed by atoms with Gasteiger partial charge < -0.3 is 4.90 Å². The van der Waals surface area contributed by atoms with Gasteiger partial charge >= 0.3 is 0 Å². The molecule has 1 unspecified atom stereocenters. The van der Waals surface area contributed by atoms with E-state index in [0.717, 1.165) is 31.9 Å². The molecule has 1 fully saturated rings. The molecule has 1 saturated heterocycles. The number of nitrogens with zero attached hydrogens (tertiary/aromatic N) is 3. The van der Waals surface area contributed by atoms with Crippen LogP contribution in [0.25, 0.3) is 0 Å². The molecule has 0 spiro atoms. The Morgan fingerprint density at radius 3 is 2.78 bits per heavy atom. The Hall–Kier alpha value is -1.24. The Bertz CT molecular complexity index is 467. The van der Waals surface area contributed by atoms with Gasteiger partial charge in [-0.2, -0.15) is 5.26 Å². The molecule has 0 radical (unpaired) electrons. The number of anilines is 1. The second kappa shape index (κ2) is 5.60. The Morgan fingerprint density at radius 1 is 1.44 bits per heavy atom. The molecule has 2 rings (SSSR count). The first-order chi connectivity index (χ1) is 8.65. The van der Waals surface area contributed by atoms with E-state index >= 15 is 0 Å². The van der Waals surface area contributed by atoms with E-state index < -0.39 is 0 Å². The zero-order chi connectivity index (χ0) is 13.1. The maximum atomic E-state index is 8.87. The van der Waals surface area contributed by atoms with Crippen molar-refractivity contribution in [2.45, 2.75) is 19.9 Å². The number of likely N-dealkylation sites (N-methyl/N-ethyl adjacent to an activating group) is 1. The second-order valence-corrected chi connectivity index (χ2v) is 5.11. The number of halogens is 1. The minimum Gasteiger partial charge on any atom is -0.369 e. The Kier molecular flexibility index (Phi) is 4.11. The molecule has 1 heterocycles. The molecule has 0 aromatic heterocycles. The van der Waals surface area contributed by atoms with E-state index in [1.165, 1.54) is 0 Å². The summed E-state index contributed by atoms with van der Waals surface area (Å²) in [5, 5.41) is 9.42. The van der Waals surface area contributed by atoms with Crippen molar-refractivity contribution in [3.8, 4) is 6.07 Å². The third-order valence-electron chi connectivity index (χ3n) is 3.61. The second-order valence-electron chi connectivity index (χ2n) is 4.70. The van der Waals surface area contributed by atoms with Crippen molar-refractivity contribution >= 4 is 17.3 Å². The van der Waals surface area contributed by atoms with Crippen molar-refractivity contribution in [1.82, 2.24) is 4.90 Å². The molecule has 0 aliphatic carbocycles. The third-order valence-corrected chi connectivity index (χ3v) is 3.92. The van der Waals surface area contributed by atoms with Crippen molar-refractivity contribution in [3.63, 3.8) is 0 Å². The van der Waals surface area contributed by atoms with Gasteiger partial charge in [0.25, 0.3) is 0 Å². The van der Waals surface area contributed by atoms with Crippen LogP contribution in [-0.4, -0.2) is 37.1 Å². The molecule has 18 heavy (non-hydrogen) atoms. The molecule has 0 bridgehead atoms. The largest absolute Gasteiger partial charge is 0.369 e. The number of piperazine rings is 1. The van der Waals surface area contributed by atoms with Gasteiger partial charge in [0.2, 0.25) is 0 Å². The molecule has 1 aliphatic rings. The summed E-state index contributed by atoms with van der Waals surface area (Å²) >= 11 is 6.08. The first kappa shape index (κ1) is 13.2. The van der Waals surface area contributed by atoms with Gasteiger partial charge in [-0.1, -0.05) is 18.5 Å². The highest BCUT2D eigenvalue weighted by atomic mass is 35.5. The van der Waals surface area contributed by atoms with Crippen molar-refractivity contribution in [3.05, 3.63) is 28.8 Å². The summed E-state index contributed by atoms with van der Waals surface area (Å²) in [6, 6.07) is 8.33. The highest BCUT2D eigenvalue weighted by Crippen LogP contribution is 2.25. The van der Waals surface area contributed by atoms with Crippen LogP contribution in [0.2, 0.25) is 5.02 Å². The molecule has 0 saturated carbocycles. The van der Waals surface area contributed by atoms with Crippen molar-refractivity contribution in [1.29, 1.82) is 5.26 Å². The van der Waals surface area contributed by atoms with Crippen LogP contribution in [0.1, 0.15) is 19.4 Å². The summed E-state index contributed by atoms with van der Waals surface area (Å²) in [5.41, 5.74) is 1.65. The molecule has 96 valence electrons. The van der Waals surface area contributed by atoms with E-state index in [4.69, 9.17) is 16.9 Å². The fraction of sp³-hybridized carbons (Fsp3) is 0.500. The molecule has 0 N–H and O–H groups in total. The van der Waals surface area contributed by atoms with Crippen molar-refractivity contribution in [2.24, 2.45) is 0 Å². The van der Waals surface area contributed by atoms with Crippen molar-refractivity contribution in [2.75, 3.05) is 31.1 Å². The van der Waals surface area contributed by atoms with Crippen LogP contribution >= 0.6 is 11.6 Å². The molecular formula is C14H18ClN3.